The van der Waals surface area contributed by atoms with Crippen LogP contribution in [0.4, 0.5) is 11.8 Å². The zero-order chi connectivity index (χ0) is 16.7. The van der Waals surface area contributed by atoms with Gasteiger partial charge in [-0.2, -0.15) is 4.98 Å². The second kappa shape index (κ2) is 8.51. The summed E-state index contributed by atoms with van der Waals surface area (Å²) in [5.41, 5.74) is 2.53. The maximum Gasteiger partial charge on any atom is 0.226 e. The van der Waals surface area contributed by atoms with Gasteiger partial charge in [0, 0.05) is 32.4 Å². The van der Waals surface area contributed by atoms with Crippen molar-refractivity contribution >= 4 is 11.8 Å². The Bertz CT molecular complexity index is 596. The lowest BCUT2D eigenvalue weighted by Crippen LogP contribution is -2.16. The van der Waals surface area contributed by atoms with Crippen LogP contribution in [-0.4, -0.2) is 30.6 Å². The number of hydrogen-bond donors (Lipinski definition) is 1. The number of unbranched alkanes of at least 4 members (excludes halogenated alkanes) is 1. The standard InChI is InChI=1S/C19H28N4/c1-5-6-12-20-18-17(14-21-19(22-18)23(3)4)13-15(2)16-10-8-7-9-11-16/h7-11,14-15H,5-6,12-13H2,1-4H3,(H,20,21,22). The van der Waals surface area contributed by atoms with Gasteiger partial charge in [-0.15, -0.1) is 0 Å². The Kier molecular flexibility index (Phi) is 6.39. The Morgan fingerprint density at radius 1 is 1.17 bits per heavy atom. The molecule has 4 heteroatoms. The quantitative estimate of drug-likeness (QED) is 0.745. The summed E-state index contributed by atoms with van der Waals surface area (Å²) in [6.45, 7) is 5.41. The van der Waals surface area contributed by atoms with Crippen LogP contribution in [0.25, 0.3) is 0 Å². The van der Waals surface area contributed by atoms with Crippen molar-refractivity contribution in [1.29, 1.82) is 0 Å². The van der Waals surface area contributed by atoms with Gasteiger partial charge >= 0.3 is 0 Å². The van der Waals surface area contributed by atoms with Crippen LogP contribution in [0.15, 0.2) is 36.5 Å². The molecule has 0 saturated carbocycles. The van der Waals surface area contributed by atoms with E-state index in [1.807, 2.05) is 25.2 Å². The number of benzene rings is 1. The summed E-state index contributed by atoms with van der Waals surface area (Å²) in [7, 11) is 3.94. The summed E-state index contributed by atoms with van der Waals surface area (Å²) in [4.78, 5) is 11.1. The topological polar surface area (TPSA) is 41.1 Å². The highest BCUT2D eigenvalue weighted by atomic mass is 15.2. The third-order valence-electron chi connectivity index (χ3n) is 3.97. The molecule has 2 aromatic rings. The van der Waals surface area contributed by atoms with Gasteiger partial charge in [-0.1, -0.05) is 50.6 Å². The van der Waals surface area contributed by atoms with E-state index in [-0.39, 0.29) is 0 Å². The number of anilines is 2. The van der Waals surface area contributed by atoms with E-state index in [1.54, 1.807) is 0 Å². The molecule has 0 fully saturated rings. The summed E-state index contributed by atoms with van der Waals surface area (Å²) >= 11 is 0. The molecule has 1 heterocycles. The smallest absolute Gasteiger partial charge is 0.226 e. The van der Waals surface area contributed by atoms with Crippen molar-refractivity contribution in [3.05, 3.63) is 47.7 Å². The average Bonchev–Trinajstić information content (AvgIpc) is 2.57. The fraction of sp³-hybridized carbons (Fsp3) is 0.474. The Balaban J connectivity index is 2.18. The van der Waals surface area contributed by atoms with Gasteiger partial charge in [-0.3, -0.25) is 0 Å². The molecule has 2 rings (SSSR count). The van der Waals surface area contributed by atoms with Crippen LogP contribution in [0.1, 0.15) is 43.7 Å². The molecule has 1 atom stereocenters. The fourth-order valence-corrected chi connectivity index (χ4v) is 2.53. The van der Waals surface area contributed by atoms with Crippen molar-refractivity contribution in [3.63, 3.8) is 0 Å². The molecule has 0 radical (unpaired) electrons. The largest absolute Gasteiger partial charge is 0.370 e. The normalized spacial score (nSPS) is 12.0. The number of nitrogens with one attached hydrogen (secondary N) is 1. The van der Waals surface area contributed by atoms with Gasteiger partial charge in [0.05, 0.1) is 0 Å². The number of rotatable bonds is 8. The summed E-state index contributed by atoms with van der Waals surface area (Å²) in [6.07, 6.45) is 5.23. The van der Waals surface area contributed by atoms with Crippen molar-refractivity contribution in [1.82, 2.24) is 9.97 Å². The molecule has 0 spiro atoms. The van der Waals surface area contributed by atoms with Crippen LogP contribution in [-0.2, 0) is 6.42 Å². The molecule has 1 unspecified atom stereocenters. The zero-order valence-corrected chi connectivity index (χ0v) is 14.7. The Morgan fingerprint density at radius 3 is 2.57 bits per heavy atom. The molecule has 124 valence electrons. The van der Waals surface area contributed by atoms with Gasteiger partial charge < -0.3 is 10.2 Å². The highest BCUT2D eigenvalue weighted by molar-refractivity contribution is 5.48. The first-order valence-corrected chi connectivity index (χ1v) is 8.43. The van der Waals surface area contributed by atoms with Crippen LogP contribution < -0.4 is 10.2 Å². The van der Waals surface area contributed by atoms with Crippen molar-refractivity contribution in [3.8, 4) is 0 Å². The molecule has 0 saturated heterocycles. The second-order valence-corrected chi connectivity index (χ2v) is 6.23. The Hall–Kier alpha value is -2.10. The minimum atomic E-state index is 0.441. The van der Waals surface area contributed by atoms with Crippen LogP contribution in [0, 0.1) is 0 Å². The Labute approximate surface area is 140 Å². The predicted octanol–water partition coefficient (Wildman–Crippen LogP) is 4.10. The lowest BCUT2D eigenvalue weighted by Gasteiger charge is -2.18. The molecule has 0 aliphatic carbocycles. The number of nitrogens with zero attached hydrogens (tertiary/aromatic N) is 3. The van der Waals surface area contributed by atoms with Crippen LogP contribution in [0.3, 0.4) is 0 Å². The zero-order valence-electron chi connectivity index (χ0n) is 14.7. The molecule has 0 bridgehead atoms. The van der Waals surface area contributed by atoms with E-state index >= 15 is 0 Å². The van der Waals surface area contributed by atoms with E-state index in [9.17, 15) is 0 Å². The van der Waals surface area contributed by atoms with Gasteiger partial charge in [0.2, 0.25) is 5.95 Å². The summed E-state index contributed by atoms with van der Waals surface area (Å²) < 4.78 is 0. The molecule has 23 heavy (non-hydrogen) atoms. The van der Waals surface area contributed by atoms with Gasteiger partial charge in [0.1, 0.15) is 5.82 Å². The van der Waals surface area contributed by atoms with Gasteiger partial charge in [0.15, 0.2) is 0 Å². The van der Waals surface area contributed by atoms with Crippen LogP contribution in [0.2, 0.25) is 0 Å². The average molecular weight is 312 g/mol. The van der Waals surface area contributed by atoms with Crippen molar-refractivity contribution < 1.29 is 0 Å². The van der Waals surface area contributed by atoms with Gasteiger partial charge in [0.25, 0.3) is 0 Å². The van der Waals surface area contributed by atoms with E-state index in [2.05, 4.69) is 54.5 Å². The second-order valence-electron chi connectivity index (χ2n) is 6.23. The molecule has 1 aromatic heterocycles. The summed E-state index contributed by atoms with van der Waals surface area (Å²) in [5.74, 6) is 2.16. The molecule has 4 nitrogen and oxygen atoms in total. The van der Waals surface area contributed by atoms with Crippen molar-refractivity contribution in [2.24, 2.45) is 0 Å². The molecule has 0 amide bonds. The van der Waals surface area contributed by atoms with E-state index in [0.29, 0.717) is 5.92 Å². The SMILES string of the molecule is CCCCNc1nc(N(C)C)ncc1CC(C)c1ccccc1. The highest BCUT2D eigenvalue weighted by Gasteiger charge is 2.13. The number of aromatic nitrogens is 2. The monoisotopic (exact) mass is 312 g/mol. The lowest BCUT2D eigenvalue weighted by molar-refractivity contribution is 0.749. The minimum absolute atomic E-state index is 0.441. The fourth-order valence-electron chi connectivity index (χ4n) is 2.53. The molecule has 1 N–H and O–H groups in total. The van der Waals surface area contributed by atoms with Gasteiger partial charge in [-0.25, -0.2) is 4.98 Å². The van der Waals surface area contributed by atoms with E-state index in [1.165, 1.54) is 17.5 Å². The first-order valence-electron chi connectivity index (χ1n) is 8.43. The lowest BCUT2D eigenvalue weighted by atomic mass is 9.94. The molecule has 1 aromatic carbocycles. The van der Waals surface area contributed by atoms with E-state index in [0.717, 1.165) is 31.2 Å². The van der Waals surface area contributed by atoms with E-state index in [4.69, 9.17) is 4.98 Å². The maximum absolute atomic E-state index is 4.69. The minimum Gasteiger partial charge on any atom is -0.370 e. The first kappa shape index (κ1) is 17.3. The maximum atomic E-state index is 4.69. The molecular weight excluding hydrogens is 284 g/mol. The molecular formula is C19H28N4. The van der Waals surface area contributed by atoms with Crippen LogP contribution in [0.5, 0.6) is 0 Å². The van der Waals surface area contributed by atoms with E-state index < -0.39 is 0 Å². The highest BCUT2D eigenvalue weighted by Crippen LogP contribution is 2.24. The Morgan fingerprint density at radius 2 is 1.91 bits per heavy atom. The van der Waals surface area contributed by atoms with Gasteiger partial charge in [-0.05, 0) is 24.3 Å². The first-order chi connectivity index (χ1) is 11.1. The number of hydrogen-bond acceptors (Lipinski definition) is 4. The third kappa shape index (κ3) is 4.95. The van der Waals surface area contributed by atoms with Crippen LogP contribution >= 0.6 is 0 Å². The molecule has 0 aliphatic rings. The predicted molar refractivity (Wildman–Crippen MR) is 98.3 cm³/mol. The third-order valence-corrected chi connectivity index (χ3v) is 3.97. The van der Waals surface area contributed by atoms with Crippen molar-refractivity contribution in [2.45, 2.75) is 39.0 Å². The summed E-state index contributed by atoms with van der Waals surface area (Å²) in [5, 5.41) is 3.49. The summed E-state index contributed by atoms with van der Waals surface area (Å²) in [6, 6.07) is 10.6. The van der Waals surface area contributed by atoms with Crippen molar-refractivity contribution in [2.75, 3.05) is 30.9 Å². The molecule has 0 aliphatic heterocycles.